The van der Waals surface area contributed by atoms with Crippen LogP contribution >= 0.6 is 0 Å². The molecule has 3 rings (SSSR count). The molecule has 7 heteroatoms. The summed E-state index contributed by atoms with van der Waals surface area (Å²) in [6.07, 6.45) is 14.8. The summed E-state index contributed by atoms with van der Waals surface area (Å²) in [5.74, 6) is -0.939. The average Bonchev–Trinajstić information content (AvgIpc) is 3.40. The molecule has 0 amide bonds. The van der Waals surface area contributed by atoms with Gasteiger partial charge in [-0.3, -0.25) is 9.69 Å². The lowest BCUT2D eigenvalue weighted by atomic mass is 10.0. The first kappa shape index (κ1) is 32.7. The summed E-state index contributed by atoms with van der Waals surface area (Å²) in [7, 11) is 0. The quantitative estimate of drug-likeness (QED) is 0.185. The van der Waals surface area contributed by atoms with Crippen molar-refractivity contribution >= 4 is 5.97 Å². The molecule has 0 bridgehead atoms. The van der Waals surface area contributed by atoms with E-state index in [9.17, 15) is 9.18 Å². The zero-order valence-electron chi connectivity index (χ0n) is 24.0. The summed E-state index contributed by atoms with van der Waals surface area (Å²) >= 11 is 0. The van der Waals surface area contributed by atoms with Crippen LogP contribution in [0.15, 0.2) is 59.8 Å². The number of aliphatic hydroxyl groups is 1. The number of nitrogens with one attached hydrogen (secondary N) is 1. The predicted octanol–water partition coefficient (Wildman–Crippen LogP) is 6.02. The number of nitrogens with zero attached hydrogens (tertiary/aromatic N) is 1. The number of benzene rings is 1. The summed E-state index contributed by atoms with van der Waals surface area (Å²) in [5, 5.41) is 21.0. The van der Waals surface area contributed by atoms with Crippen LogP contribution in [-0.2, 0) is 16.0 Å². The summed E-state index contributed by atoms with van der Waals surface area (Å²) in [4.78, 5) is 13.0. The average molecular weight is 545 g/mol. The van der Waals surface area contributed by atoms with Gasteiger partial charge in [-0.25, -0.2) is 4.39 Å². The second-order valence-electron chi connectivity index (χ2n) is 10.6. The van der Waals surface area contributed by atoms with Crippen molar-refractivity contribution in [3.63, 3.8) is 0 Å². The van der Waals surface area contributed by atoms with Crippen molar-refractivity contribution in [2.75, 3.05) is 32.8 Å². The first-order valence-electron chi connectivity index (χ1n) is 14.5. The molecule has 2 aliphatic heterocycles. The Labute approximate surface area is 234 Å². The van der Waals surface area contributed by atoms with Gasteiger partial charge in [-0.15, -0.1) is 0 Å². The Morgan fingerprint density at radius 3 is 2.69 bits per heavy atom. The van der Waals surface area contributed by atoms with Crippen molar-refractivity contribution in [2.24, 2.45) is 0 Å². The third-order valence-corrected chi connectivity index (χ3v) is 7.38. The van der Waals surface area contributed by atoms with Crippen LogP contribution in [-0.4, -0.2) is 66.1 Å². The standard InChI is InChI=1S/C21H34N2O3.C11H15FO/c1-16(9-10-19-8-6-12-22-17(19)2)7-4-5-14-26-20-11-13-23(15-20)18(3)21(24)25;12-11-7-5-10(6-8-11)4-2-1-3-9-13/h9-10,18,20,22H,1,4-8,11-15H2,2-3H3,(H,24,25);5-8,13H,1-4,9H2/b10-9-;. The molecule has 2 heterocycles. The highest BCUT2D eigenvalue weighted by molar-refractivity contribution is 5.72. The smallest absolute Gasteiger partial charge is 0.320 e. The summed E-state index contributed by atoms with van der Waals surface area (Å²) < 4.78 is 18.4. The van der Waals surface area contributed by atoms with Crippen LogP contribution in [0.1, 0.15) is 77.2 Å². The van der Waals surface area contributed by atoms with E-state index in [2.05, 4.69) is 31.0 Å². The van der Waals surface area contributed by atoms with E-state index in [1.54, 1.807) is 6.92 Å². The van der Waals surface area contributed by atoms with E-state index in [4.69, 9.17) is 14.9 Å². The normalized spacial score (nSPS) is 18.5. The predicted molar refractivity (Wildman–Crippen MR) is 156 cm³/mol. The van der Waals surface area contributed by atoms with Crippen molar-refractivity contribution in [2.45, 2.75) is 90.2 Å². The molecule has 39 heavy (non-hydrogen) atoms. The molecule has 0 aliphatic carbocycles. The highest BCUT2D eigenvalue weighted by atomic mass is 19.1. The first-order chi connectivity index (χ1) is 18.8. The first-order valence-corrected chi connectivity index (χ1v) is 14.5. The minimum atomic E-state index is -0.757. The van der Waals surface area contributed by atoms with Crippen LogP contribution in [0.25, 0.3) is 0 Å². The monoisotopic (exact) mass is 544 g/mol. The fraction of sp³-hybridized carbons (Fsp3) is 0.594. The van der Waals surface area contributed by atoms with Crippen molar-refractivity contribution in [3.8, 4) is 0 Å². The summed E-state index contributed by atoms with van der Waals surface area (Å²) in [6.45, 7) is 11.7. The maximum Gasteiger partial charge on any atom is 0.320 e. The Bertz CT molecular complexity index is 929. The number of allylic oxidation sites excluding steroid dienone is 5. The molecule has 2 atom stereocenters. The highest BCUT2D eigenvalue weighted by Gasteiger charge is 2.29. The fourth-order valence-electron chi connectivity index (χ4n) is 4.74. The van der Waals surface area contributed by atoms with Crippen LogP contribution < -0.4 is 5.32 Å². The van der Waals surface area contributed by atoms with Crippen molar-refractivity contribution in [1.82, 2.24) is 10.2 Å². The number of carbonyl (C=O) groups is 1. The molecule has 0 aromatic heterocycles. The molecule has 1 fully saturated rings. The Hall–Kier alpha value is -2.48. The number of aliphatic hydroxyl groups excluding tert-OH is 1. The molecule has 1 aromatic carbocycles. The van der Waals surface area contributed by atoms with E-state index in [1.165, 1.54) is 35.4 Å². The van der Waals surface area contributed by atoms with Crippen molar-refractivity contribution in [1.29, 1.82) is 0 Å². The van der Waals surface area contributed by atoms with Crippen LogP contribution in [0.2, 0.25) is 0 Å². The van der Waals surface area contributed by atoms with Crippen LogP contribution in [0.3, 0.4) is 0 Å². The molecule has 6 nitrogen and oxygen atoms in total. The van der Waals surface area contributed by atoms with Gasteiger partial charge in [-0.2, -0.15) is 0 Å². The topological polar surface area (TPSA) is 82.0 Å². The molecule has 1 saturated heterocycles. The Balaban J connectivity index is 0.000000344. The molecule has 3 N–H and O–H groups in total. The van der Waals surface area contributed by atoms with E-state index < -0.39 is 12.0 Å². The fourth-order valence-corrected chi connectivity index (χ4v) is 4.74. The number of likely N-dealkylation sites (tertiary alicyclic amines) is 1. The van der Waals surface area contributed by atoms with Gasteiger partial charge in [0.05, 0.1) is 6.10 Å². The molecule has 0 saturated carbocycles. The summed E-state index contributed by atoms with van der Waals surface area (Å²) in [6, 6.07) is 6.18. The third kappa shape index (κ3) is 13.4. The van der Waals surface area contributed by atoms with Crippen LogP contribution in [0.5, 0.6) is 0 Å². The number of carboxylic acids is 1. The van der Waals surface area contributed by atoms with E-state index in [-0.39, 0.29) is 18.5 Å². The largest absolute Gasteiger partial charge is 0.480 e. The number of aryl methyl sites for hydroxylation is 1. The molecule has 218 valence electrons. The van der Waals surface area contributed by atoms with Gasteiger partial charge in [0.2, 0.25) is 0 Å². The lowest BCUT2D eigenvalue weighted by Gasteiger charge is -2.20. The van der Waals surface area contributed by atoms with E-state index >= 15 is 0 Å². The molecular formula is C32H49FN2O4. The number of ether oxygens (including phenoxy) is 1. The number of hydrogen-bond acceptors (Lipinski definition) is 5. The van der Waals surface area contributed by atoms with E-state index in [1.807, 2.05) is 17.0 Å². The molecule has 0 radical (unpaired) electrons. The second kappa shape index (κ2) is 18.7. The molecule has 1 aromatic rings. The van der Waals surface area contributed by atoms with Gasteiger partial charge in [-0.1, -0.05) is 42.9 Å². The number of rotatable bonds is 15. The van der Waals surface area contributed by atoms with Gasteiger partial charge in [0, 0.05) is 38.5 Å². The van der Waals surface area contributed by atoms with Crippen LogP contribution in [0.4, 0.5) is 4.39 Å². The Morgan fingerprint density at radius 1 is 1.23 bits per heavy atom. The second-order valence-corrected chi connectivity index (χ2v) is 10.6. The highest BCUT2D eigenvalue weighted by Crippen LogP contribution is 2.18. The number of halogens is 1. The Kier molecular flexibility index (Phi) is 15.7. The summed E-state index contributed by atoms with van der Waals surface area (Å²) in [5.41, 5.74) is 5.01. The number of aliphatic carboxylic acids is 1. The Morgan fingerprint density at radius 2 is 2.00 bits per heavy atom. The molecule has 2 unspecified atom stereocenters. The minimum absolute atomic E-state index is 0.175. The third-order valence-electron chi connectivity index (χ3n) is 7.38. The molecule has 0 spiro atoms. The minimum Gasteiger partial charge on any atom is -0.480 e. The number of hydrogen-bond donors (Lipinski definition) is 3. The van der Waals surface area contributed by atoms with Gasteiger partial charge < -0.3 is 20.3 Å². The molecule has 2 aliphatic rings. The van der Waals surface area contributed by atoms with Gasteiger partial charge in [0.15, 0.2) is 0 Å². The van der Waals surface area contributed by atoms with E-state index in [0.717, 1.165) is 89.6 Å². The SMILES string of the molecule is C=C(/C=C\C1=C(C)NCCC1)CCCCOC1CCN(C(C)C(=O)O)C1.OCCCCCc1ccc(F)cc1. The maximum absolute atomic E-state index is 12.5. The number of unbranched alkanes of at least 4 members (excludes halogenated alkanes) is 3. The lowest BCUT2D eigenvalue weighted by Crippen LogP contribution is -2.37. The van der Waals surface area contributed by atoms with Gasteiger partial charge in [0.1, 0.15) is 11.9 Å². The lowest BCUT2D eigenvalue weighted by molar-refractivity contribution is -0.142. The van der Waals surface area contributed by atoms with Crippen LogP contribution in [0, 0.1) is 5.82 Å². The van der Waals surface area contributed by atoms with Gasteiger partial charge in [-0.05, 0) is 94.9 Å². The number of carboxylic acid groups (broad SMARTS) is 1. The van der Waals surface area contributed by atoms with Gasteiger partial charge in [0.25, 0.3) is 0 Å². The zero-order valence-corrected chi connectivity index (χ0v) is 24.0. The molecular weight excluding hydrogens is 495 g/mol. The van der Waals surface area contributed by atoms with Gasteiger partial charge >= 0.3 is 5.97 Å². The van der Waals surface area contributed by atoms with Crippen molar-refractivity contribution < 1.29 is 24.1 Å². The maximum atomic E-state index is 12.5. The zero-order chi connectivity index (χ0) is 28.5. The van der Waals surface area contributed by atoms with E-state index in [0.29, 0.717) is 0 Å². The van der Waals surface area contributed by atoms with Crippen molar-refractivity contribution in [3.05, 3.63) is 71.2 Å².